The maximum Gasteiger partial charge on any atom is 0.243 e. The highest BCUT2D eigenvalue weighted by molar-refractivity contribution is 5.94. The van der Waals surface area contributed by atoms with Gasteiger partial charge in [0.1, 0.15) is 6.04 Å². The number of benzene rings is 1. The van der Waals surface area contributed by atoms with Gasteiger partial charge in [-0.25, -0.2) is 0 Å². The van der Waals surface area contributed by atoms with E-state index >= 15 is 0 Å². The number of nitrogens with zero attached hydrogens (tertiary/aromatic N) is 4. The second-order valence-corrected chi connectivity index (χ2v) is 11.9. The predicted octanol–water partition coefficient (Wildman–Crippen LogP) is 3.75. The van der Waals surface area contributed by atoms with Crippen molar-refractivity contribution in [2.45, 2.75) is 78.4 Å². The van der Waals surface area contributed by atoms with Gasteiger partial charge in [0.25, 0.3) is 0 Å². The number of likely N-dealkylation sites (N-methyl/N-ethyl adjacent to an activating group) is 1. The number of carbonyl (C=O) groups excluding carboxylic acids is 3. The highest BCUT2D eigenvalue weighted by atomic mass is 16.2. The molecule has 0 radical (unpaired) electrons. The van der Waals surface area contributed by atoms with Gasteiger partial charge in [-0.1, -0.05) is 39.0 Å². The summed E-state index contributed by atoms with van der Waals surface area (Å²) in [6, 6.07) is 10.7. The first-order chi connectivity index (χ1) is 17.5. The zero-order valence-corrected chi connectivity index (χ0v) is 23.2. The van der Waals surface area contributed by atoms with Crippen LogP contribution in [-0.2, 0) is 14.4 Å². The largest absolute Gasteiger partial charge is 0.335 e. The lowest BCUT2D eigenvalue weighted by Crippen LogP contribution is -2.50. The van der Waals surface area contributed by atoms with E-state index in [0.717, 1.165) is 18.9 Å². The van der Waals surface area contributed by atoms with E-state index in [0.29, 0.717) is 12.1 Å². The highest BCUT2D eigenvalue weighted by Crippen LogP contribution is 2.55. The number of likely N-dealkylation sites (tertiary alicyclic amines) is 2. The van der Waals surface area contributed by atoms with E-state index < -0.39 is 12.0 Å². The summed E-state index contributed by atoms with van der Waals surface area (Å²) in [5.41, 5.74) is 0.973. The van der Waals surface area contributed by atoms with Gasteiger partial charge < -0.3 is 15.1 Å². The topological polar surface area (TPSA) is 96.8 Å². The Hall–Kier alpha value is -2.92. The molecule has 2 heterocycles. The Morgan fingerprint density at radius 3 is 2.30 bits per heavy atom. The number of nitrogens with one attached hydrogen (secondary N) is 1. The first-order valence-electron chi connectivity index (χ1n) is 13.5. The van der Waals surface area contributed by atoms with E-state index in [1.165, 1.54) is 22.6 Å². The molecule has 8 heteroatoms. The van der Waals surface area contributed by atoms with Crippen molar-refractivity contribution in [1.29, 1.82) is 5.26 Å². The molecule has 0 aromatic heterocycles. The Balaban J connectivity index is 0.000000886. The van der Waals surface area contributed by atoms with Crippen molar-refractivity contribution in [3.63, 3.8) is 0 Å². The lowest BCUT2D eigenvalue weighted by atomic mass is 10.0. The van der Waals surface area contributed by atoms with Crippen molar-refractivity contribution in [2.24, 2.45) is 17.3 Å². The predicted molar refractivity (Wildman–Crippen MR) is 144 cm³/mol. The fourth-order valence-electron chi connectivity index (χ4n) is 5.22. The van der Waals surface area contributed by atoms with Gasteiger partial charge in [0.05, 0.1) is 24.6 Å². The SMILES string of the molecule is CC(C)C.CC(C)N1CC2(CC2)CC1C(=O)N(C)CC(=O)N1CC(C(=O)Nc2ccccc2)CC1C#N. The Morgan fingerprint density at radius 2 is 1.76 bits per heavy atom. The zero-order chi connectivity index (χ0) is 27.3. The normalized spacial score (nSPS) is 24.0. The standard InChI is InChI=1S/C25H33N5O3.C4H10/c1-17(2)30-16-25(9-10-25)12-21(30)24(33)28(3)15-22(31)29-14-18(11-20(29)13-26)23(32)27-19-7-5-4-6-8-19;1-4(2)3/h4-8,17-18,20-21H,9-12,14-16H2,1-3H3,(H,27,32);4H,1-3H3. The van der Waals surface area contributed by atoms with Crippen molar-refractivity contribution in [3.05, 3.63) is 30.3 Å². The number of anilines is 1. The molecule has 3 atom stereocenters. The molecule has 0 bridgehead atoms. The quantitative estimate of drug-likeness (QED) is 0.630. The third-order valence-corrected chi connectivity index (χ3v) is 7.38. The fourth-order valence-corrected chi connectivity index (χ4v) is 5.22. The van der Waals surface area contributed by atoms with E-state index in [9.17, 15) is 19.6 Å². The molecule has 2 saturated heterocycles. The Bertz CT molecular complexity index is 996. The third kappa shape index (κ3) is 7.32. The van der Waals surface area contributed by atoms with Crippen LogP contribution >= 0.6 is 0 Å². The molecule has 3 fully saturated rings. The number of carbonyl (C=O) groups is 3. The maximum atomic E-state index is 13.2. The smallest absolute Gasteiger partial charge is 0.243 e. The molecule has 1 spiro atoms. The van der Waals surface area contributed by atoms with Crippen LogP contribution in [0, 0.1) is 28.6 Å². The molecular formula is C29H43N5O3. The summed E-state index contributed by atoms with van der Waals surface area (Å²) in [6.07, 6.45) is 3.50. The van der Waals surface area contributed by atoms with E-state index in [2.05, 4.69) is 50.9 Å². The van der Waals surface area contributed by atoms with E-state index in [1.54, 1.807) is 19.2 Å². The van der Waals surface area contributed by atoms with Gasteiger partial charge in [-0.3, -0.25) is 19.3 Å². The summed E-state index contributed by atoms with van der Waals surface area (Å²) >= 11 is 0. The Labute approximate surface area is 222 Å². The molecule has 1 saturated carbocycles. The van der Waals surface area contributed by atoms with Crippen LogP contribution in [0.15, 0.2) is 30.3 Å². The summed E-state index contributed by atoms with van der Waals surface area (Å²) in [6.45, 7) is 11.8. The van der Waals surface area contributed by atoms with Crippen molar-refractivity contribution >= 4 is 23.4 Å². The number of para-hydroxylation sites is 1. The fraction of sp³-hybridized carbons (Fsp3) is 0.655. The zero-order valence-electron chi connectivity index (χ0n) is 23.2. The van der Waals surface area contributed by atoms with Gasteiger partial charge in [0.15, 0.2) is 0 Å². The van der Waals surface area contributed by atoms with Crippen molar-refractivity contribution in [1.82, 2.24) is 14.7 Å². The second kappa shape index (κ2) is 12.1. The van der Waals surface area contributed by atoms with E-state index in [1.807, 2.05) is 18.2 Å². The molecule has 2 aliphatic heterocycles. The maximum absolute atomic E-state index is 13.2. The molecule has 37 heavy (non-hydrogen) atoms. The minimum Gasteiger partial charge on any atom is -0.335 e. The van der Waals surface area contributed by atoms with E-state index in [4.69, 9.17) is 0 Å². The summed E-state index contributed by atoms with van der Waals surface area (Å²) < 4.78 is 0. The van der Waals surface area contributed by atoms with Gasteiger partial charge in [0, 0.05) is 31.9 Å². The molecule has 1 aromatic carbocycles. The first kappa shape index (κ1) is 28.6. The molecular weight excluding hydrogens is 466 g/mol. The van der Waals surface area contributed by atoms with Gasteiger partial charge in [-0.05, 0) is 63.0 Å². The van der Waals surface area contributed by atoms with Crippen LogP contribution in [0.3, 0.4) is 0 Å². The van der Waals surface area contributed by atoms with Gasteiger partial charge >= 0.3 is 0 Å². The molecule has 3 aliphatic rings. The average molecular weight is 510 g/mol. The van der Waals surface area contributed by atoms with Crippen molar-refractivity contribution in [3.8, 4) is 6.07 Å². The lowest BCUT2D eigenvalue weighted by Gasteiger charge is -2.31. The second-order valence-electron chi connectivity index (χ2n) is 11.9. The molecule has 1 aliphatic carbocycles. The molecule has 4 rings (SSSR count). The van der Waals surface area contributed by atoms with Crippen LogP contribution in [0.2, 0.25) is 0 Å². The molecule has 8 nitrogen and oxygen atoms in total. The monoisotopic (exact) mass is 509 g/mol. The van der Waals surface area contributed by atoms with Crippen molar-refractivity contribution in [2.75, 3.05) is 32.0 Å². The number of amides is 3. The lowest BCUT2D eigenvalue weighted by molar-refractivity contribution is -0.142. The number of rotatable bonds is 6. The minimum absolute atomic E-state index is 0.0353. The van der Waals surface area contributed by atoms with Gasteiger partial charge in [-0.2, -0.15) is 5.26 Å². The first-order valence-corrected chi connectivity index (χ1v) is 13.5. The summed E-state index contributed by atoms with van der Waals surface area (Å²) in [7, 11) is 1.66. The van der Waals surface area contributed by atoms with Crippen LogP contribution in [0.1, 0.15) is 60.3 Å². The third-order valence-electron chi connectivity index (χ3n) is 7.38. The summed E-state index contributed by atoms with van der Waals surface area (Å²) in [4.78, 5) is 44.2. The van der Waals surface area contributed by atoms with E-state index in [-0.39, 0.29) is 48.3 Å². The van der Waals surface area contributed by atoms with Crippen LogP contribution in [0.4, 0.5) is 5.69 Å². The van der Waals surface area contributed by atoms with Crippen LogP contribution in [-0.4, -0.2) is 77.2 Å². The summed E-state index contributed by atoms with van der Waals surface area (Å²) in [5.74, 6) is -0.148. The Kier molecular flexibility index (Phi) is 9.36. The molecule has 1 N–H and O–H groups in total. The molecule has 3 amide bonds. The summed E-state index contributed by atoms with van der Waals surface area (Å²) in [5, 5.41) is 12.4. The van der Waals surface area contributed by atoms with Gasteiger partial charge in [-0.15, -0.1) is 0 Å². The Morgan fingerprint density at radius 1 is 1.14 bits per heavy atom. The number of hydrogen-bond acceptors (Lipinski definition) is 5. The van der Waals surface area contributed by atoms with Crippen LogP contribution in [0.5, 0.6) is 0 Å². The number of nitriles is 1. The molecule has 3 unspecified atom stereocenters. The molecule has 1 aromatic rings. The van der Waals surface area contributed by atoms with Crippen LogP contribution in [0.25, 0.3) is 0 Å². The average Bonchev–Trinajstić information content (AvgIpc) is 3.27. The molecule has 202 valence electrons. The van der Waals surface area contributed by atoms with Gasteiger partial charge in [0.2, 0.25) is 17.7 Å². The van der Waals surface area contributed by atoms with Crippen LogP contribution < -0.4 is 5.32 Å². The minimum atomic E-state index is -0.666. The van der Waals surface area contributed by atoms with Crippen molar-refractivity contribution < 1.29 is 14.4 Å². The number of hydrogen-bond donors (Lipinski definition) is 1. The highest BCUT2D eigenvalue weighted by Gasteiger charge is 2.54.